The van der Waals surface area contributed by atoms with Crippen molar-refractivity contribution in [2.24, 2.45) is 0 Å². The second kappa shape index (κ2) is 3.62. The largest absolute Gasteiger partial charge is 0.361 e. The molecule has 72 valence electrons. The molecule has 0 aliphatic carbocycles. The highest BCUT2D eigenvalue weighted by molar-refractivity contribution is 5.21. The van der Waals surface area contributed by atoms with Crippen LogP contribution in [-0.2, 0) is 6.42 Å². The quantitative estimate of drug-likeness (QED) is 0.729. The van der Waals surface area contributed by atoms with Crippen molar-refractivity contribution in [3.8, 4) is 0 Å². The van der Waals surface area contributed by atoms with E-state index in [-0.39, 0.29) is 5.82 Å². The van der Waals surface area contributed by atoms with Crippen LogP contribution in [0.2, 0.25) is 0 Å². The third kappa shape index (κ3) is 1.99. The Hall–Kier alpha value is -1.64. The molecule has 0 aliphatic heterocycles. The number of halogens is 1. The number of benzene rings is 1. The van der Waals surface area contributed by atoms with E-state index in [1.807, 2.05) is 13.0 Å². The molecule has 0 saturated carbocycles. The zero-order valence-electron chi connectivity index (χ0n) is 7.83. The maximum atomic E-state index is 12.6. The van der Waals surface area contributed by atoms with Crippen LogP contribution in [0.5, 0.6) is 0 Å². The Bertz CT molecular complexity index is 419. The Kier molecular flexibility index (Phi) is 2.31. The lowest BCUT2D eigenvalue weighted by atomic mass is 10.1. The Balaban J connectivity index is 2.15. The fraction of sp³-hybridized carbons (Fsp3) is 0.182. The van der Waals surface area contributed by atoms with Gasteiger partial charge in [-0.15, -0.1) is 0 Å². The van der Waals surface area contributed by atoms with Gasteiger partial charge in [0.05, 0.1) is 5.69 Å². The van der Waals surface area contributed by atoms with Gasteiger partial charge in [-0.2, -0.15) is 0 Å². The lowest BCUT2D eigenvalue weighted by Crippen LogP contribution is -1.85. The van der Waals surface area contributed by atoms with Crippen molar-refractivity contribution in [3.63, 3.8) is 0 Å². The highest BCUT2D eigenvalue weighted by Gasteiger charge is 2.02. The summed E-state index contributed by atoms with van der Waals surface area (Å²) in [6, 6.07) is 8.25. The fourth-order valence-electron chi connectivity index (χ4n) is 1.30. The van der Waals surface area contributed by atoms with Crippen molar-refractivity contribution in [3.05, 3.63) is 53.2 Å². The molecule has 2 rings (SSSR count). The van der Waals surface area contributed by atoms with Gasteiger partial charge in [0, 0.05) is 12.5 Å². The van der Waals surface area contributed by atoms with Crippen LogP contribution < -0.4 is 0 Å². The average Bonchev–Trinajstić information content (AvgIpc) is 2.56. The summed E-state index contributed by atoms with van der Waals surface area (Å²) in [6.07, 6.45) is 0.654. The van der Waals surface area contributed by atoms with Crippen LogP contribution in [0.15, 0.2) is 34.9 Å². The van der Waals surface area contributed by atoms with E-state index >= 15 is 0 Å². The molecule has 2 aromatic rings. The molecule has 0 atom stereocenters. The van der Waals surface area contributed by atoms with Gasteiger partial charge in [-0.1, -0.05) is 17.3 Å². The Morgan fingerprint density at radius 1 is 1.29 bits per heavy atom. The molecule has 0 N–H and O–H groups in total. The second-order valence-electron chi connectivity index (χ2n) is 3.24. The molecule has 2 nitrogen and oxygen atoms in total. The topological polar surface area (TPSA) is 26.0 Å². The second-order valence-corrected chi connectivity index (χ2v) is 3.24. The summed E-state index contributed by atoms with van der Waals surface area (Å²) in [4.78, 5) is 0. The van der Waals surface area contributed by atoms with E-state index in [0.717, 1.165) is 17.0 Å². The monoisotopic (exact) mass is 191 g/mol. The van der Waals surface area contributed by atoms with Gasteiger partial charge in [0.1, 0.15) is 11.6 Å². The van der Waals surface area contributed by atoms with Gasteiger partial charge < -0.3 is 4.52 Å². The first-order valence-corrected chi connectivity index (χ1v) is 4.41. The summed E-state index contributed by atoms with van der Waals surface area (Å²) in [6.45, 7) is 1.87. The SMILES string of the molecule is Cc1cc(Cc2ccc(F)cc2)on1. The predicted molar refractivity (Wildman–Crippen MR) is 50.4 cm³/mol. The van der Waals surface area contributed by atoms with Gasteiger partial charge in [0.2, 0.25) is 0 Å². The summed E-state index contributed by atoms with van der Waals surface area (Å²) in [7, 11) is 0. The standard InChI is InChI=1S/C11H10FNO/c1-8-6-11(14-13-8)7-9-2-4-10(12)5-3-9/h2-6H,7H2,1H3. The number of nitrogens with zero attached hydrogens (tertiary/aromatic N) is 1. The van der Waals surface area contributed by atoms with Gasteiger partial charge in [-0.3, -0.25) is 0 Å². The van der Waals surface area contributed by atoms with E-state index in [4.69, 9.17) is 4.52 Å². The van der Waals surface area contributed by atoms with Gasteiger partial charge >= 0.3 is 0 Å². The first kappa shape index (κ1) is 8.94. The first-order valence-electron chi connectivity index (χ1n) is 4.41. The van der Waals surface area contributed by atoms with Gasteiger partial charge in [-0.05, 0) is 24.6 Å². The van der Waals surface area contributed by atoms with Crippen molar-refractivity contribution in [2.45, 2.75) is 13.3 Å². The van der Waals surface area contributed by atoms with E-state index in [2.05, 4.69) is 5.16 Å². The van der Waals surface area contributed by atoms with Crippen LogP contribution in [0.3, 0.4) is 0 Å². The van der Waals surface area contributed by atoms with Gasteiger partial charge in [0.25, 0.3) is 0 Å². The molecule has 0 fully saturated rings. The van der Waals surface area contributed by atoms with E-state index < -0.39 is 0 Å². The van der Waals surface area contributed by atoms with Crippen molar-refractivity contribution in [2.75, 3.05) is 0 Å². The zero-order valence-corrected chi connectivity index (χ0v) is 7.83. The van der Waals surface area contributed by atoms with Crippen molar-refractivity contribution in [1.82, 2.24) is 5.16 Å². The fourth-order valence-corrected chi connectivity index (χ4v) is 1.30. The molecular formula is C11H10FNO. The molecule has 1 aromatic heterocycles. The van der Waals surface area contributed by atoms with Crippen molar-refractivity contribution < 1.29 is 8.91 Å². The molecule has 0 unspecified atom stereocenters. The van der Waals surface area contributed by atoms with Crippen LogP contribution in [0.1, 0.15) is 17.0 Å². The molecular weight excluding hydrogens is 181 g/mol. The molecule has 1 aromatic carbocycles. The molecule has 1 heterocycles. The summed E-state index contributed by atoms with van der Waals surface area (Å²) < 4.78 is 17.6. The predicted octanol–water partition coefficient (Wildman–Crippen LogP) is 2.71. The Morgan fingerprint density at radius 3 is 2.57 bits per heavy atom. The molecule has 0 amide bonds. The summed E-state index contributed by atoms with van der Waals surface area (Å²) in [5, 5.41) is 3.78. The van der Waals surface area contributed by atoms with Gasteiger partial charge in [0.15, 0.2) is 0 Å². The minimum atomic E-state index is -0.220. The normalized spacial score (nSPS) is 10.4. The van der Waals surface area contributed by atoms with Crippen molar-refractivity contribution >= 4 is 0 Å². The van der Waals surface area contributed by atoms with Crippen molar-refractivity contribution in [1.29, 1.82) is 0 Å². The third-order valence-corrected chi connectivity index (χ3v) is 1.97. The van der Waals surface area contributed by atoms with E-state index in [9.17, 15) is 4.39 Å². The Labute approximate surface area is 81.3 Å². The molecule has 3 heteroatoms. The minimum absolute atomic E-state index is 0.220. The number of hydrogen-bond acceptors (Lipinski definition) is 2. The summed E-state index contributed by atoms with van der Waals surface area (Å²) in [5.74, 6) is 0.580. The first-order chi connectivity index (χ1) is 6.74. The maximum Gasteiger partial charge on any atom is 0.141 e. The van der Waals surface area contributed by atoms with Gasteiger partial charge in [-0.25, -0.2) is 4.39 Å². The van der Waals surface area contributed by atoms with Crippen LogP contribution in [0, 0.1) is 12.7 Å². The van der Waals surface area contributed by atoms with Crippen LogP contribution in [-0.4, -0.2) is 5.16 Å². The molecule has 0 spiro atoms. The molecule has 0 radical (unpaired) electrons. The molecule has 0 saturated heterocycles. The minimum Gasteiger partial charge on any atom is -0.361 e. The van der Waals surface area contributed by atoms with Crippen LogP contribution in [0.25, 0.3) is 0 Å². The number of aromatic nitrogens is 1. The lowest BCUT2D eigenvalue weighted by Gasteiger charge is -1.96. The smallest absolute Gasteiger partial charge is 0.141 e. The Morgan fingerprint density at radius 2 is 2.00 bits per heavy atom. The third-order valence-electron chi connectivity index (χ3n) is 1.97. The van der Waals surface area contributed by atoms with E-state index in [0.29, 0.717) is 6.42 Å². The van der Waals surface area contributed by atoms with E-state index in [1.54, 1.807) is 12.1 Å². The highest BCUT2D eigenvalue weighted by Crippen LogP contribution is 2.10. The van der Waals surface area contributed by atoms with E-state index in [1.165, 1.54) is 12.1 Å². The summed E-state index contributed by atoms with van der Waals surface area (Å²) in [5.41, 5.74) is 1.88. The number of hydrogen-bond donors (Lipinski definition) is 0. The highest BCUT2D eigenvalue weighted by atomic mass is 19.1. The number of aryl methyl sites for hydroxylation is 1. The van der Waals surface area contributed by atoms with Crippen LogP contribution in [0.4, 0.5) is 4.39 Å². The zero-order chi connectivity index (χ0) is 9.97. The lowest BCUT2D eigenvalue weighted by molar-refractivity contribution is 0.385. The number of rotatable bonds is 2. The molecule has 0 aliphatic rings. The van der Waals surface area contributed by atoms with Crippen LogP contribution >= 0.6 is 0 Å². The summed E-state index contributed by atoms with van der Waals surface area (Å²) >= 11 is 0. The molecule has 14 heavy (non-hydrogen) atoms. The average molecular weight is 191 g/mol. The maximum absolute atomic E-state index is 12.6. The molecule has 0 bridgehead atoms.